The van der Waals surface area contributed by atoms with Gasteiger partial charge in [-0.1, -0.05) is 73.6 Å². The van der Waals surface area contributed by atoms with Crippen LogP contribution in [0.1, 0.15) is 91.6 Å². The maximum atomic E-state index is 13.4. The van der Waals surface area contributed by atoms with E-state index < -0.39 is 17.7 Å². The highest BCUT2D eigenvalue weighted by Gasteiger charge is 2.22. The number of H-pyrrole nitrogens is 1. The highest BCUT2D eigenvalue weighted by atomic mass is 16.5. The summed E-state index contributed by atoms with van der Waals surface area (Å²) in [6, 6.07) is 4.42. The average molecular weight is 905 g/mol. The minimum absolute atomic E-state index is 0.0251. The summed E-state index contributed by atoms with van der Waals surface area (Å²) in [6.07, 6.45) is 14.5. The minimum Gasteiger partial charge on any atom is -0.516 e. The van der Waals surface area contributed by atoms with Crippen LogP contribution in [0.15, 0.2) is 95.0 Å². The second kappa shape index (κ2) is 49.2. The fraction of sp³-hybridized carbons (Fsp3) is 0.467. The summed E-state index contributed by atoms with van der Waals surface area (Å²) in [6.45, 7) is 17.8. The van der Waals surface area contributed by atoms with Crippen LogP contribution in [0.2, 0.25) is 0 Å². The zero-order chi connectivity index (χ0) is 50.1. The summed E-state index contributed by atoms with van der Waals surface area (Å²) in [5.74, 6) is -1.62. The predicted molar refractivity (Wildman–Crippen MR) is 251 cm³/mol. The van der Waals surface area contributed by atoms with E-state index in [1.807, 2.05) is 55.4 Å². The molecular weight excluding hydrogens is 829 g/mol. The van der Waals surface area contributed by atoms with E-state index in [4.69, 9.17) is 5.11 Å². The van der Waals surface area contributed by atoms with Gasteiger partial charge in [-0.25, -0.2) is 0 Å². The van der Waals surface area contributed by atoms with Gasteiger partial charge in [0, 0.05) is 52.9 Å². The molecule has 0 aliphatic carbocycles. The number of carbonyl (C=O) groups is 7. The number of aliphatic hydroxyl groups excluding tert-OH is 1. The number of pyridine rings is 1. The predicted octanol–water partition coefficient (Wildman–Crippen LogP) is 4.45. The lowest BCUT2D eigenvalue weighted by molar-refractivity contribution is -0.134. The third-order valence-electron chi connectivity index (χ3n) is 7.17. The van der Waals surface area contributed by atoms with Crippen molar-refractivity contribution < 1.29 is 49.1 Å². The summed E-state index contributed by atoms with van der Waals surface area (Å²) in [4.78, 5) is 97.1. The second-order valence-corrected chi connectivity index (χ2v) is 11.3. The lowest BCUT2D eigenvalue weighted by Crippen LogP contribution is -2.40. The van der Waals surface area contributed by atoms with Crippen molar-refractivity contribution in [2.24, 2.45) is 0 Å². The molecule has 0 saturated heterocycles. The smallest absolute Gasteiger partial charge is 0.272 e. The number of rotatable bonds is 26. The zero-order valence-corrected chi connectivity index (χ0v) is 39.7. The standard InChI is InChI=1S/C31H47N7O9.C6H5NO2.4C2H6/c1-32-16-11-20-37(30(44)26(34-25-42)13-10-24-41)18-6-7-19-38(31(45)28(36(3)47)15-5-9-23-40)21-12-17-33-29(43)27(35(2)46)14-4-8-22-39;8-4-5-2-1-3-6(9)7-5;4*1-2/h4-5,8-10,13-15,22-25,32,41,46-47H,6-7,11-12,16-21H2,1-3H3,(H,33,43)(H,34,42);1-4H,(H,7,9);4*1-2H3/b8-4-,9-5-,24-10-,26-13-,27-14-,28-15-;;;;;. The van der Waals surface area contributed by atoms with Gasteiger partial charge in [0.1, 0.15) is 29.7 Å². The summed E-state index contributed by atoms with van der Waals surface area (Å²) in [5.41, 5.74) is -0.200. The van der Waals surface area contributed by atoms with E-state index in [0.29, 0.717) is 73.4 Å². The Hall–Kier alpha value is -6.44. The van der Waals surface area contributed by atoms with Gasteiger partial charge >= 0.3 is 0 Å². The number of allylic oxidation sites excluding steroid dienone is 8. The molecule has 0 radical (unpaired) electrons. The number of hydroxylamine groups is 4. The molecule has 1 heterocycles. The van der Waals surface area contributed by atoms with Gasteiger partial charge in [-0.15, -0.1) is 0 Å². The quantitative estimate of drug-likeness (QED) is 0.0169. The van der Waals surface area contributed by atoms with Crippen molar-refractivity contribution in [3.63, 3.8) is 0 Å². The van der Waals surface area contributed by atoms with Crippen LogP contribution in [0.4, 0.5) is 0 Å². The van der Waals surface area contributed by atoms with E-state index in [-0.39, 0.29) is 55.3 Å². The zero-order valence-electron chi connectivity index (χ0n) is 39.7. The molecule has 0 aromatic carbocycles. The SMILES string of the molecule is CC.CC.CC.CC.CNCCCN(CCCCN(CCCNC(=O)/C(=C/C=C\C=O)N(C)O)C(=O)/C(=C/C=C\C=O)N(C)O)C(=O)/C(=C/C=C\O)NC=O.O=Cc1cccc(=O)[nH]1. The maximum Gasteiger partial charge on any atom is 0.272 e. The number of hydrogen-bond donors (Lipinski definition) is 7. The highest BCUT2D eigenvalue weighted by molar-refractivity contribution is 5.95. The number of aromatic nitrogens is 1. The Morgan fingerprint density at radius 3 is 1.56 bits per heavy atom. The molecule has 0 unspecified atom stereocenters. The van der Waals surface area contributed by atoms with Crippen LogP contribution in [0.3, 0.4) is 0 Å². The molecule has 0 spiro atoms. The molecule has 7 N–H and O–H groups in total. The first-order valence-electron chi connectivity index (χ1n) is 21.3. The Kier molecular flexibility index (Phi) is 51.3. The normalized spacial score (nSPS) is 10.7. The fourth-order valence-electron chi connectivity index (χ4n) is 4.53. The molecule has 0 aliphatic rings. The Morgan fingerprint density at radius 2 is 1.14 bits per heavy atom. The van der Waals surface area contributed by atoms with E-state index in [9.17, 15) is 48.8 Å². The van der Waals surface area contributed by atoms with Crippen LogP contribution in [-0.4, -0.2) is 144 Å². The molecule has 1 aromatic rings. The molecule has 4 amide bonds. The number of nitrogens with zero attached hydrogens (tertiary/aromatic N) is 4. The van der Waals surface area contributed by atoms with Crippen LogP contribution in [0.25, 0.3) is 0 Å². The van der Waals surface area contributed by atoms with Crippen molar-refractivity contribution in [3.8, 4) is 0 Å². The lowest BCUT2D eigenvalue weighted by Gasteiger charge is -2.27. The maximum absolute atomic E-state index is 13.4. The second-order valence-electron chi connectivity index (χ2n) is 11.3. The molecule has 0 atom stereocenters. The van der Waals surface area contributed by atoms with Gasteiger partial charge in [0.05, 0.1) is 12.0 Å². The third-order valence-corrected chi connectivity index (χ3v) is 7.17. The number of aliphatic hydroxyl groups is 1. The van der Waals surface area contributed by atoms with Crippen LogP contribution >= 0.6 is 0 Å². The van der Waals surface area contributed by atoms with Gasteiger partial charge < -0.3 is 35.8 Å². The number of amides is 4. The van der Waals surface area contributed by atoms with Crippen molar-refractivity contribution in [1.82, 2.24) is 40.9 Å². The van der Waals surface area contributed by atoms with Gasteiger partial charge in [0.25, 0.3) is 17.7 Å². The molecule has 0 saturated carbocycles. The molecule has 362 valence electrons. The highest BCUT2D eigenvalue weighted by Crippen LogP contribution is 2.10. The number of aldehydes is 3. The van der Waals surface area contributed by atoms with Crippen molar-refractivity contribution in [2.75, 3.05) is 60.4 Å². The monoisotopic (exact) mass is 905 g/mol. The Bertz CT molecular complexity index is 1650. The summed E-state index contributed by atoms with van der Waals surface area (Å²) in [5, 5.41) is 38.1. The molecule has 1 aromatic heterocycles. The minimum atomic E-state index is -0.617. The number of likely N-dealkylation sites (N-methyl/N-ethyl adjacent to an activating group) is 2. The molecule has 19 nitrogen and oxygen atoms in total. The topological polar surface area (TPSA) is 262 Å². The number of nitrogens with one attached hydrogen (secondary N) is 4. The summed E-state index contributed by atoms with van der Waals surface area (Å²) >= 11 is 0. The first-order valence-corrected chi connectivity index (χ1v) is 21.3. The van der Waals surface area contributed by atoms with Crippen LogP contribution in [0.5, 0.6) is 0 Å². The van der Waals surface area contributed by atoms with Crippen molar-refractivity contribution in [2.45, 2.75) is 81.1 Å². The Balaban J connectivity index is -0.000000577. The number of unbranched alkanes of at least 4 members (excludes halogenated alkanes) is 1. The van der Waals surface area contributed by atoms with E-state index in [1.165, 1.54) is 73.7 Å². The fourth-order valence-corrected chi connectivity index (χ4v) is 4.53. The van der Waals surface area contributed by atoms with Gasteiger partial charge in [0.2, 0.25) is 12.0 Å². The number of aromatic amines is 1. The molecule has 64 heavy (non-hydrogen) atoms. The molecule has 0 fully saturated rings. The van der Waals surface area contributed by atoms with Crippen molar-refractivity contribution in [1.29, 1.82) is 0 Å². The van der Waals surface area contributed by atoms with Gasteiger partial charge in [-0.3, -0.25) is 58.9 Å². The first kappa shape index (κ1) is 66.7. The van der Waals surface area contributed by atoms with E-state index in [2.05, 4.69) is 20.9 Å². The third kappa shape index (κ3) is 34.2. The number of hydrogen-bond acceptors (Lipinski definition) is 14. The van der Waals surface area contributed by atoms with Gasteiger partial charge in [-0.05, 0) is 81.8 Å². The van der Waals surface area contributed by atoms with Gasteiger partial charge in [0.15, 0.2) is 6.29 Å². The molecular formula is C45H76N8O11. The number of carbonyl (C=O) groups excluding carboxylic acids is 7. The van der Waals surface area contributed by atoms with Crippen molar-refractivity contribution >= 4 is 43.0 Å². The molecule has 1 rings (SSSR count). The summed E-state index contributed by atoms with van der Waals surface area (Å²) in [7, 11) is 4.29. The average Bonchev–Trinajstić information content (AvgIpc) is 3.31. The van der Waals surface area contributed by atoms with Crippen LogP contribution < -0.4 is 21.5 Å². The first-order chi connectivity index (χ1) is 30.9. The Morgan fingerprint density at radius 1 is 0.656 bits per heavy atom. The van der Waals surface area contributed by atoms with E-state index in [1.54, 1.807) is 11.9 Å². The molecule has 19 heteroatoms. The summed E-state index contributed by atoms with van der Waals surface area (Å²) < 4.78 is 0. The Labute approximate surface area is 379 Å². The van der Waals surface area contributed by atoms with Crippen LogP contribution in [0, 0.1) is 0 Å². The van der Waals surface area contributed by atoms with E-state index >= 15 is 0 Å². The van der Waals surface area contributed by atoms with Crippen LogP contribution in [-0.2, 0) is 28.8 Å². The van der Waals surface area contributed by atoms with Crippen molar-refractivity contribution in [3.05, 3.63) is 106 Å². The van der Waals surface area contributed by atoms with E-state index in [0.717, 1.165) is 18.4 Å². The largest absolute Gasteiger partial charge is 0.516 e. The van der Waals surface area contributed by atoms with Gasteiger partial charge in [-0.2, -0.15) is 0 Å². The molecule has 0 aliphatic heterocycles. The molecule has 0 bridgehead atoms. The lowest BCUT2D eigenvalue weighted by atomic mass is 10.2.